The van der Waals surface area contributed by atoms with E-state index in [1.54, 1.807) is 0 Å². The largest absolute Gasteiger partial charge is 0.0958 e. The predicted octanol–water partition coefficient (Wildman–Crippen LogP) is 3.87. The standard InChI is InChI=1S/C11H18/c1-5-7-9-11(8-6-2)10(3)4/h5,7,9H,3,6,8H2,1-2,4H3. The van der Waals surface area contributed by atoms with Crippen LogP contribution in [0, 0.1) is 0 Å². The molecular formula is C11H18. The normalized spacial score (nSPS) is 12.5. The van der Waals surface area contributed by atoms with Crippen LogP contribution in [-0.2, 0) is 0 Å². The predicted molar refractivity (Wildman–Crippen MR) is 52.6 cm³/mol. The van der Waals surface area contributed by atoms with Crippen molar-refractivity contribution in [1.29, 1.82) is 0 Å². The zero-order valence-corrected chi connectivity index (χ0v) is 7.85. The van der Waals surface area contributed by atoms with Crippen molar-refractivity contribution in [1.82, 2.24) is 0 Å². The molecule has 62 valence electrons. The summed E-state index contributed by atoms with van der Waals surface area (Å²) in [6.07, 6.45) is 8.58. The van der Waals surface area contributed by atoms with Gasteiger partial charge in [-0.3, -0.25) is 0 Å². The van der Waals surface area contributed by atoms with Gasteiger partial charge >= 0.3 is 0 Å². The van der Waals surface area contributed by atoms with Crippen LogP contribution in [-0.4, -0.2) is 0 Å². The fraction of sp³-hybridized carbons (Fsp3) is 0.455. The van der Waals surface area contributed by atoms with Gasteiger partial charge < -0.3 is 0 Å². The second-order valence-corrected chi connectivity index (χ2v) is 2.75. The van der Waals surface area contributed by atoms with Gasteiger partial charge in [-0.2, -0.15) is 0 Å². The summed E-state index contributed by atoms with van der Waals surface area (Å²) in [6.45, 7) is 10.2. The average molecular weight is 150 g/mol. The molecule has 0 heterocycles. The molecule has 0 N–H and O–H groups in total. The van der Waals surface area contributed by atoms with Gasteiger partial charge in [0, 0.05) is 0 Å². The van der Waals surface area contributed by atoms with Crippen LogP contribution in [0.15, 0.2) is 36.0 Å². The van der Waals surface area contributed by atoms with Gasteiger partial charge in [0.15, 0.2) is 0 Å². The van der Waals surface area contributed by atoms with E-state index in [2.05, 4.69) is 32.6 Å². The lowest BCUT2D eigenvalue weighted by Gasteiger charge is -2.02. The van der Waals surface area contributed by atoms with E-state index in [9.17, 15) is 0 Å². The van der Waals surface area contributed by atoms with Gasteiger partial charge in [-0.1, -0.05) is 43.7 Å². The van der Waals surface area contributed by atoms with Gasteiger partial charge in [0.25, 0.3) is 0 Å². The second kappa shape index (κ2) is 5.96. The molecule has 0 spiro atoms. The molecule has 0 rings (SSSR count). The average Bonchev–Trinajstić information content (AvgIpc) is 1.97. The lowest BCUT2D eigenvalue weighted by Crippen LogP contribution is -1.82. The maximum absolute atomic E-state index is 3.92. The van der Waals surface area contributed by atoms with Crippen LogP contribution in [0.5, 0.6) is 0 Å². The summed E-state index contributed by atoms with van der Waals surface area (Å²) < 4.78 is 0. The third kappa shape index (κ3) is 4.60. The molecule has 0 aliphatic heterocycles. The van der Waals surface area contributed by atoms with Crippen molar-refractivity contribution < 1.29 is 0 Å². The van der Waals surface area contributed by atoms with Crippen molar-refractivity contribution in [2.24, 2.45) is 0 Å². The Morgan fingerprint density at radius 1 is 1.45 bits per heavy atom. The molecule has 0 aromatic rings. The highest BCUT2D eigenvalue weighted by Gasteiger charge is 1.93. The first-order valence-electron chi connectivity index (χ1n) is 4.20. The minimum Gasteiger partial charge on any atom is -0.0958 e. The zero-order valence-electron chi connectivity index (χ0n) is 7.85. The minimum absolute atomic E-state index is 1.14. The van der Waals surface area contributed by atoms with Crippen LogP contribution in [0.1, 0.15) is 33.6 Å². The topological polar surface area (TPSA) is 0 Å². The third-order valence-corrected chi connectivity index (χ3v) is 1.56. The van der Waals surface area contributed by atoms with E-state index in [0.29, 0.717) is 0 Å². The summed E-state index contributed by atoms with van der Waals surface area (Å²) in [4.78, 5) is 0. The van der Waals surface area contributed by atoms with Crippen molar-refractivity contribution >= 4 is 0 Å². The Bertz CT molecular complexity index is 170. The lowest BCUT2D eigenvalue weighted by atomic mass is 10.0. The molecule has 0 heteroatoms. The molecular weight excluding hydrogens is 132 g/mol. The van der Waals surface area contributed by atoms with Crippen molar-refractivity contribution in [3.8, 4) is 0 Å². The van der Waals surface area contributed by atoms with E-state index in [0.717, 1.165) is 6.42 Å². The molecule has 0 aromatic heterocycles. The zero-order chi connectivity index (χ0) is 8.69. The SMILES string of the molecule is C=C(C)C(=CC=CC)CCC. The molecule has 0 atom stereocenters. The Hall–Kier alpha value is -0.780. The first kappa shape index (κ1) is 10.2. The molecule has 0 aliphatic carbocycles. The molecule has 0 aliphatic rings. The molecule has 0 unspecified atom stereocenters. The molecule has 0 aromatic carbocycles. The van der Waals surface area contributed by atoms with Gasteiger partial charge in [-0.05, 0) is 25.8 Å². The Labute approximate surface area is 70.3 Å². The Kier molecular flexibility index (Phi) is 5.54. The number of allylic oxidation sites excluding steroid dienone is 5. The summed E-state index contributed by atoms with van der Waals surface area (Å²) >= 11 is 0. The van der Waals surface area contributed by atoms with Crippen LogP contribution >= 0.6 is 0 Å². The fourth-order valence-corrected chi connectivity index (χ4v) is 0.921. The first-order chi connectivity index (χ1) is 5.22. The maximum atomic E-state index is 3.92. The molecule has 0 amide bonds. The van der Waals surface area contributed by atoms with E-state index in [1.807, 2.05) is 13.0 Å². The van der Waals surface area contributed by atoms with Gasteiger partial charge in [0.2, 0.25) is 0 Å². The van der Waals surface area contributed by atoms with Crippen molar-refractivity contribution in [3.63, 3.8) is 0 Å². The smallest absolute Gasteiger partial charge is 0.0279 e. The lowest BCUT2D eigenvalue weighted by molar-refractivity contribution is 0.913. The summed E-state index contributed by atoms with van der Waals surface area (Å²) in [6, 6.07) is 0. The molecule has 0 saturated carbocycles. The van der Waals surface area contributed by atoms with E-state index in [-0.39, 0.29) is 0 Å². The summed E-state index contributed by atoms with van der Waals surface area (Å²) in [5.74, 6) is 0. The van der Waals surface area contributed by atoms with Crippen LogP contribution in [0.25, 0.3) is 0 Å². The van der Waals surface area contributed by atoms with E-state index < -0.39 is 0 Å². The molecule has 11 heavy (non-hydrogen) atoms. The number of hydrogen-bond donors (Lipinski definition) is 0. The minimum atomic E-state index is 1.14. The molecule has 0 radical (unpaired) electrons. The molecule has 0 fully saturated rings. The number of rotatable bonds is 4. The van der Waals surface area contributed by atoms with Crippen molar-refractivity contribution in [2.75, 3.05) is 0 Å². The van der Waals surface area contributed by atoms with Gasteiger partial charge in [-0.25, -0.2) is 0 Å². The molecule has 0 nitrogen and oxygen atoms in total. The summed E-state index contributed by atoms with van der Waals surface area (Å²) in [5.41, 5.74) is 2.55. The monoisotopic (exact) mass is 150 g/mol. The molecule has 0 bridgehead atoms. The van der Waals surface area contributed by atoms with Crippen LogP contribution < -0.4 is 0 Å². The van der Waals surface area contributed by atoms with E-state index in [1.165, 1.54) is 17.6 Å². The molecule has 0 saturated heterocycles. The summed E-state index contributed by atoms with van der Waals surface area (Å²) in [7, 11) is 0. The van der Waals surface area contributed by atoms with Crippen LogP contribution in [0.2, 0.25) is 0 Å². The van der Waals surface area contributed by atoms with Crippen molar-refractivity contribution in [3.05, 3.63) is 36.0 Å². The second-order valence-electron chi connectivity index (χ2n) is 2.75. The maximum Gasteiger partial charge on any atom is -0.0279 e. The number of hydrogen-bond acceptors (Lipinski definition) is 0. The van der Waals surface area contributed by atoms with Crippen molar-refractivity contribution in [2.45, 2.75) is 33.6 Å². The van der Waals surface area contributed by atoms with Crippen LogP contribution in [0.4, 0.5) is 0 Å². The highest BCUT2D eigenvalue weighted by Crippen LogP contribution is 2.13. The fourth-order valence-electron chi connectivity index (χ4n) is 0.921. The quantitative estimate of drug-likeness (QED) is 0.534. The van der Waals surface area contributed by atoms with Crippen LogP contribution in [0.3, 0.4) is 0 Å². The Morgan fingerprint density at radius 2 is 2.09 bits per heavy atom. The highest BCUT2D eigenvalue weighted by atomic mass is 14.0. The van der Waals surface area contributed by atoms with Gasteiger partial charge in [-0.15, -0.1) is 0 Å². The third-order valence-electron chi connectivity index (χ3n) is 1.56. The first-order valence-corrected chi connectivity index (χ1v) is 4.20. The van der Waals surface area contributed by atoms with E-state index in [4.69, 9.17) is 0 Å². The van der Waals surface area contributed by atoms with Gasteiger partial charge in [0.05, 0.1) is 0 Å². The Morgan fingerprint density at radius 3 is 2.45 bits per heavy atom. The summed E-state index contributed by atoms with van der Waals surface area (Å²) in [5, 5.41) is 0. The van der Waals surface area contributed by atoms with E-state index >= 15 is 0 Å². The van der Waals surface area contributed by atoms with Gasteiger partial charge in [0.1, 0.15) is 0 Å². The highest BCUT2D eigenvalue weighted by molar-refractivity contribution is 5.29. The Balaban J connectivity index is 4.20.